The van der Waals surface area contributed by atoms with Gasteiger partial charge in [0.1, 0.15) is 0 Å². The quantitative estimate of drug-likeness (QED) is 0.642. The lowest BCUT2D eigenvalue weighted by Gasteiger charge is -2.12. The molecule has 1 saturated carbocycles. The van der Waals surface area contributed by atoms with Crippen molar-refractivity contribution in [1.29, 1.82) is 0 Å². The van der Waals surface area contributed by atoms with Crippen molar-refractivity contribution in [3.63, 3.8) is 0 Å². The van der Waals surface area contributed by atoms with Gasteiger partial charge in [-0.05, 0) is 30.5 Å². The maximum atomic E-state index is 11.8. The molecule has 2 rings (SSSR count). The van der Waals surface area contributed by atoms with Crippen LogP contribution < -0.4 is 11.1 Å². The fraction of sp³-hybridized carbons (Fsp3) is 0.533. The van der Waals surface area contributed by atoms with Crippen LogP contribution in [0.1, 0.15) is 38.2 Å². The van der Waals surface area contributed by atoms with E-state index in [-0.39, 0.29) is 5.75 Å². The Morgan fingerprint density at radius 3 is 2.76 bits per heavy atom. The monoisotopic (exact) mass is 309 g/mol. The summed E-state index contributed by atoms with van der Waals surface area (Å²) in [5, 5.41) is 3.21. The predicted molar refractivity (Wildman–Crippen MR) is 84.9 cm³/mol. The lowest BCUT2D eigenvalue weighted by atomic mass is 10.2. The molecular weight excluding hydrogens is 286 g/mol. The molecule has 5 nitrogen and oxygen atoms in total. The third-order valence-electron chi connectivity index (χ3n) is 3.78. The number of nitrogens with two attached hydrogens (primary N) is 1. The van der Waals surface area contributed by atoms with Gasteiger partial charge in [0.2, 0.25) is 0 Å². The van der Waals surface area contributed by atoms with Crippen molar-refractivity contribution in [2.75, 3.05) is 5.75 Å². The van der Waals surface area contributed by atoms with Crippen LogP contribution in [-0.2, 0) is 16.4 Å². The standard InChI is InChI=1S/C15H23N3O2S/c1-2-21(19,20)14-9-5-6-12(10-14)11-17-15(16)18-13-7-3-4-8-13/h5-6,9-10,13H,2-4,7-8,11H2,1H3,(H3,16,17,18). The van der Waals surface area contributed by atoms with Crippen LogP contribution in [0.5, 0.6) is 0 Å². The molecule has 0 saturated heterocycles. The Morgan fingerprint density at radius 1 is 1.38 bits per heavy atom. The molecule has 0 bridgehead atoms. The van der Waals surface area contributed by atoms with Crippen LogP contribution in [0.25, 0.3) is 0 Å². The van der Waals surface area contributed by atoms with Crippen molar-refractivity contribution in [2.24, 2.45) is 10.7 Å². The first kappa shape index (κ1) is 15.8. The summed E-state index contributed by atoms with van der Waals surface area (Å²) in [6.45, 7) is 2.03. The van der Waals surface area contributed by atoms with E-state index < -0.39 is 9.84 Å². The highest BCUT2D eigenvalue weighted by Gasteiger charge is 2.15. The van der Waals surface area contributed by atoms with Gasteiger partial charge in [0.25, 0.3) is 0 Å². The number of nitrogens with zero attached hydrogens (tertiary/aromatic N) is 1. The molecule has 3 N–H and O–H groups in total. The second-order valence-electron chi connectivity index (χ2n) is 5.38. The molecular formula is C15H23N3O2S. The molecule has 1 aromatic carbocycles. The van der Waals surface area contributed by atoms with E-state index in [0.29, 0.717) is 23.4 Å². The summed E-state index contributed by atoms with van der Waals surface area (Å²) in [5.41, 5.74) is 6.72. The van der Waals surface area contributed by atoms with Gasteiger partial charge in [0.15, 0.2) is 15.8 Å². The first-order valence-electron chi connectivity index (χ1n) is 7.39. The maximum absolute atomic E-state index is 11.8. The molecule has 0 amide bonds. The zero-order valence-corrected chi connectivity index (χ0v) is 13.2. The number of nitrogens with one attached hydrogen (secondary N) is 1. The smallest absolute Gasteiger partial charge is 0.189 e. The molecule has 0 radical (unpaired) electrons. The van der Waals surface area contributed by atoms with Crippen molar-refractivity contribution >= 4 is 15.8 Å². The van der Waals surface area contributed by atoms with Crippen LogP contribution >= 0.6 is 0 Å². The SMILES string of the molecule is CCS(=O)(=O)c1cccc(CN=C(N)NC2CCCC2)c1. The number of guanidine groups is 1. The zero-order chi connectivity index (χ0) is 15.3. The lowest BCUT2D eigenvalue weighted by Crippen LogP contribution is -2.38. The summed E-state index contributed by atoms with van der Waals surface area (Å²) >= 11 is 0. The number of aliphatic imine (C=N–C) groups is 1. The summed E-state index contributed by atoms with van der Waals surface area (Å²) < 4.78 is 23.7. The minimum absolute atomic E-state index is 0.102. The van der Waals surface area contributed by atoms with E-state index >= 15 is 0 Å². The predicted octanol–water partition coefficient (Wildman–Crippen LogP) is 1.83. The van der Waals surface area contributed by atoms with E-state index in [2.05, 4.69) is 10.3 Å². The third kappa shape index (κ3) is 4.46. The Balaban J connectivity index is 2.01. The Morgan fingerprint density at radius 2 is 2.10 bits per heavy atom. The van der Waals surface area contributed by atoms with Crippen LogP contribution in [-0.4, -0.2) is 26.2 Å². The number of hydrogen-bond acceptors (Lipinski definition) is 3. The van der Waals surface area contributed by atoms with Gasteiger partial charge in [-0.3, -0.25) is 0 Å². The normalized spacial score (nSPS) is 17.1. The fourth-order valence-corrected chi connectivity index (χ4v) is 3.46. The molecule has 1 aromatic rings. The highest BCUT2D eigenvalue weighted by Crippen LogP contribution is 2.17. The molecule has 21 heavy (non-hydrogen) atoms. The van der Waals surface area contributed by atoms with Crippen molar-refractivity contribution < 1.29 is 8.42 Å². The van der Waals surface area contributed by atoms with E-state index in [1.54, 1.807) is 25.1 Å². The van der Waals surface area contributed by atoms with E-state index in [9.17, 15) is 8.42 Å². The summed E-state index contributed by atoms with van der Waals surface area (Å²) in [4.78, 5) is 4.64. The largest absolute Gasteiger partial charge is 0.370 e. The molecule has 0 heterocycles. The van der Waals surface area contributed by atoms with Crippen LogP contribution in [0.4, 0.5) is 0 Å². The molecule has 0 aliphatic heterocycles. The van der Waals surface area contributed by atoms with Crippen molar-refractivity contribution in [3.8, 4) is 0 Å². The molecule has 0 atom stereocenters. The summed E-state index contributed by atoms with van der Waals surface area (Å²) in [6, 6.07) is 7.33. The van der Waals surface area contributed by atoms with Crippen molar-refractivity contribution in [1.82, 2.24) is 5.32 Å². The van der Waals surface area contributed by atoms with E-state index in [4.69, 9.17) is 5.73 Å². The average molecular weight is 309 g/mol. The molecule has 0 spiro atoms. The topological polar surface area (TPSA) is 84.5 Å². The number of rotatable bonds is 5. The summed E-state index contributed by atoms with van der Waals surface area (Å²) in [5.74, 6) is 0.538. The summed E-state index contributed by atoms with van der Waals surface area (Å²) in [6.07, 6.45) is 4.75. The van der Waals surface area contributed by atoms with Crippen LogP contribution in [0.15, 0.2) is 34.2 Å². The van der Waals surface area contributed by atoms with Gasteiger partial charge in [0, 0.05) is 6.04 Å². The second-order valence-corrected chi connectivity index (χ2v) is 7.66. The molecule has 1 aliphatic carbocycles. The van der Waals surface area contributed by atoms with E-state index in [1.165, 1.54) is 12.8 Å². The van der Waals surface area contributed by atoms with Gasteiger partial charge in [-0.25, -0.2) is 13.4 Å². The Labute approximate surface area is 126 Å². The number of hydrogen-bond donors (Lipinski definition) is 2. The molecule has 116 valence electrons. The fourth-order valence-electron chi connectivity index (χ4n) is 2.51. The molecule has 6 heteroatoms. The van der Waals surface area contributed by atoms with Gasteiger partial charge >= 0.3 is 0 Å². The number of sulfone groups is 1. The van der Waals surface area contributed by atoms with Gasteiger partial charge in [-0.15, -0.1) is 0 Å². The minimum Gasteiger partial charge on any atom is -0.370 e. The summed E-state index contributed by atoms with van der Waals surface area (Å²) in [7, 11) is -3.17. The lowest BCUT2D eigenvalue weighted by molar-refractivity contribution is 0.597. The van der Waals surface area contributed by atoms with Crippen LogP contribution in [0, 0.1) is 0 Å². The van der Waals surface area contributed by atoms with Crippen molar-refractivity contribution in [3.05, 3.63) is 29.8 Å². The minimum atomic E-state index is -3.17. The van der Waals surface area contributed by atoms with Crippen LogP contribution in [0.3, 0.4) is 0 Å². The van der Waals surface area contributed by atoms with Crippen LogP contribution in [0.2, 0.25) is 0 Å². The highest BCUT2D eigenvalue weighted by atomic mass is 32.2. The number of benzene rings is 1. The molecule has 1 fully saturated rings. The van der Waals surface area contributed by atoms with E-state index in [1.807, 2.05) is 6.07 Å². The highest BCUT2D eigenvalue weighted by molar-refractivity contribution is 7.91. The third-order valence-corrected chi connectivity index (χ3v) is 5.51. The Kier molecular flexibility index (Phi) is 5.22. The Bertz CT molecular complexity index is 605. The molecule has 0 unspecified atom stereocenters. The first-order valence-corrected chi connectivity index (χ1v) is 9.04. The Hall–Kier alpha value is -1.56. The van der Waals surface area contributed by atoms with E-state index in [0.717, 1.165) is 18.4 Å². The maximum Gasteiger partial charge on any atom is 0.189 e. The molecule has 0 aromatic heterocycles. The van der Waals surface area contributed by atoms with Crippen molar-refractivity contribution in [2.45, 2.75) is 50.1 Å². The van der Waals surface area contributed by atoms with Gasteiger partial charge in [-0.1, -0.05) is 31.9 Å². The van der Waals surface area contributed by atoms with Gasteiger partial charge in [0.05, 0.1) is 17.2 Å². The molecule has 1 aliphatic rings. The van der Waals surface area contributed by atoms with Gasteiger partial charge in [-0.2, -0.15) is 0 Å². The first-order chi connectivity index (χ1) is 10.0. The zero-order valence-electron chi connectivity index (χ0n) is 12.4. The van der Waals surface area contributed by atoms with Gasteiger partial charge < -0.3 is 11.1 Å². The second kappa shape index (κ2) is 6.93. The average Bonchev–Trinajstić information content (AvgIpc) is 2.98.